The Balaban J connectivity index is 1.75. The average molecular weight is 289 g/mol. The van der Waals surface area contributed by atoms with E-state index in [1.54, 1.807) is 6.07 Å². The highest BCUT2D eigenvalue weighted by Crippen LogP contribution is 2.28. The van der Waals surface area contributed by atoms with Crippen molar-refractivity contribution < 1.29 is 9.84 Å². The van der Waals surface area contributed by atoms with Gasteiger partial charge in [-0.25, -0.2) is 0 Å². The molecule has 0 amide bonds. The van der Waals surface area contributed by atoms with Gasteiger partial charge in [0, 0.05) is 10.6 Å². The lowest BCUT2D eigenvalue weighted by molar-refractivity contribution is 0.259. The summed E-state index contributed by atoms with van der Waals surface area (Å²) in [5.41, 5.74) is 4.72. The molecule has 0 aromatic heterocycles. The van der Waals surface area contributed by atoms with Crippen molar-refractivity contribution in [2.75, 3.05) is 0 Å². The van der Waals surface area contributed by atoms with Gasteiger partial charge in [0.2, 0.25) is 0 Å². The van der Waals surface area contributed by atoms with E-state index >= 15 is 0 Å². The lowest BCUT2D eigenvalue weighted by Crippen LogP contribution is -2.00. The molecule has 1 N–H and O–H groups in total. The van der Waals surface area contributed by atoms with Crippen molar-refractivity contribution in [3.05, 3.63) is 63.7 Å². The second-order valence-electron chi connectivity index (χ2n) is 5.12. The Morgan fingerprint density at radius 3 is 2.80 bits per heavy atom. The molecule has 104 valence electrons. The molecule has 0 saturated heterocycles. The number of halogens is 1. The van der Waals surface area contributed by atoms with Crippen molar-refractivity contribution in [2.45, 2.75) is 32.5 Å². The summed E-state index contributed by atoms with van der Waals surface area (Å²) in [6.45, 7) is 0.389. The minimum absolute atomic E-state index is 0.112. The van der Waals surface area contributed by atoms with Crippen molar-refractivity contribution in [1.29, 1.82) is 0 Å². The Bertz CT molecular complexity index is 622. The van der Waals surface area contributed by atoms with Crippen molar-refractivity contribution >= 4 is 11.6 Å². The Hall–Kier alpha value is -1.51. The Labute approximate surface area is 124 Å². The molecule has 0 bridgehead atoms. The van der Waals surface area contributed by atoms with E-state index in [1.165, 1.54) is 30.4 Å². The molecule has 20 heavy (non-hydrogen) atoms. The van der Waals surface area contributed by atoms with E-state index in [9.17, 15) is 5.11 Å². The van der Waals surface area contributed by atoms with Crippen molar-refractivity contribution in [2.24, 2.45) is 0 Å². The number of fused-ring (bicyclic) bond motifs is 1. The smallest absolute Gasteiger partial charge is 0.126 e. The van der Waals surface area contributed by atoms with Crippen LogP contribution in [0.15, 0.2) is 36.4 Å². The quantitative estimate of drug-likeness (QED) is 0.924. The normalized spacial score (nSPS) is 13.3. The molecule has 3 rings (SSSR count). The first kappa shape index (κ1) is 13.5. The van der Waals surface area contributed by atoms with Crippen LogP contribution >= 0.6 is 11.6 Å². The van der Waals surface area contributed by atoms with Gasteiger partial charge in [0.15, 0.2) is 0 Å². The summed E-state index contributed by atoms with van der Waals surface area (Å²) in [5, 5.41) is 9.90. The van der Waals surface area contributed by atoms with Gasteiger partial charge < -0.3 is 9.84 Å². The van der Waals surface area contributed by atoms with Crippen LogP contribution in [0.3, 0.4) is 0 Å². The van der Waals surface area contributed by atoms with Gasteiger partial charge >= 0.3 is 0 Å². The Morgan fingerprint density at radius 1 is 1.10 bits per heavy atom. The fraction of sp³-hybridized carbons (Fsp3) is 0.294. The first-order valence-electron chi connectivity index (χ1n) is 6.89. The maximum atomic E-state index is 9.36. The molecule has 2 nitrogen and oxygen atoms in total. The summed E-state index contributed by atoms with van der Waals surface area (Å²) >= 11 is 6.05. The predicted octanol–water partition coefficient (Wildman–Crippen LogP) is 3.90. The van der Waals surface area contributed by atoms with E-state index in [-0.39, 0.29) is 6.61 Å². The van der Waals surface area contributed by atoms with Crippen molar-refractivity contribution in [3.63, 3.8) is 0 Å². The lowest BCUT2D eigenvalue weighted by atomic mass is 10.1. The number of hydrogen-bond acceptors (Lipinski definition) is 2. The maximum Gasteiger partial charge on any atom is 0.126 e. The summed E-state index contributed by atoms with van der Waals surface area (Å²) in [5.74, 6) is 0.653. The minimum atomic E-state index is -0.112. The molecule has 0 aliphatic heterocycles. The largest absolute Gasteiger partial charge is 0.488 e. The molecule has 1 aliphatic carbocycles. The van der Waals surface area contributed by atoms with E-state index in [2.05, 4.69) is 18.2 Å². The standard InChI is InChI=1S/C17H17ClO2/c18-16-5-2-6-17(15(16)10-19)20-11-12-7-8-13-3-1-4-14(13)9-12/h2,5-9,19H,1,3-4,10-11H2. The minimum Gasteiger partial charge on any atom is -0.488 e. The van der Waals surface area contributed by atoms with Crippen LogP contribution in [0, 0.1) is 0 Å². The van der Waals surface area contributed by atoms with Gasteiger partial charge in [0.05, 0.1) is 6.61 Å². The predicted molar refractivity (Wildman–Crippen MR) is 80.2 cm³/mol. The molecule has 0 atom stereocenters. The molecule has 0 radical (unpaired) electrons. The molecule has 0 heterocycles. The van der Waals surface area contributed by atoms with Crippen molar-refractivity contribution in [3.8, 4) is 5.75 Å². The zero-order valence-electron chi connectivity index (χ0n) is 11.2. The first-order valence-corrected chi connectivity index (χ1v) is 7.27. The molecule has 3 heteroatoms. The molecular weight excluding hydrogens is 272 g/mol. The molecule has 0 fully saturated rings. The molecular formula is C17H17ClO2. The van der Waals surface area contributed by atoms with Crippen LogP contribution in [0.25, 0.3) is 0 Å². The monoisotopic (exact) mass is 288 g/mol. The number of aliphatic hydroxyl groups is 1. The second kappa shape index (κ2) is 5.86. The van der Waals surface area contributed by atoms with Crippen LogP contribution in [0.2, 0.25) is 5.02 Å². The highest BCUT2D eigenvalue weighted by Gasteiger charge is 2.12. The number of hydrogen-bond donors (Lipinski definition) is 1. The molecule has 2 aromatic rings. The van der Waals surface area contributed by atoms with Gasteiger partial charge in [0.1, 0.15) is 12.4 Å². The fourth-order valence-corrected chi connectivity index (χ4v) is 2.93. The number of aliphatic hydroxyl groups excluding tert-OH is 1. The highest BCUT2D eigenvalue weighted by molar-refractivity contribution is 6.31. The number of ether oxygens (including phenoxy) is 1. The van der Waals surface area contributed by atoms with Gasteiger partial charge in [-0.05, 0) is 48.1 Å². The summed E-state index contributed by atoms with van der Waals surface area (Å²) < 4.78 is 5.81. The third-order valence-electron chi connectivity index (χ3n) is 3.79. The summed E-state index contributed by atoms with van der Waals surface area (Å²) in [6.07, 6.45) is 3.62. The third-order valence-corrected chi connectivity index (χ3v) is 4.15. The van der Waals surface area contributed by atoms with Crippen LogP contribution in [0.4, 0.5) is 0 Å². The third kappa shape index (κ3) is 2.67. The highest BCUT2D eigenvalue weighted by atomic mass is 35.5. The first-order chi connectivity index (χ1) is 9.78. The summed E-state index contributed by atoms with van der Waals surface area (Å²) in [6, 6.07) is 12.0. The SMILES string of the molecule is OCc1c(Cl)cccc1OCc1ccc2c(c1)CCC2. The van der Waals surface area contributed by atoms with Gasteiger partial charge in [-0.2, -0.15) is 0 Å². The van der Waals surface area contributed by atoms with E-state index < -0.39 is 0 Å². The maximum absolute atomic E-state index is 9.36. The van der Waals surface area contributed by atoms with Crippen LogP contribution in [0.1, 0.15) is 28.7 Å². The van der Waals surface area contributed by atoms with Gasteiger partial charge in [-0.3, -0.25) is 0 Å². The second-order valence-corrected chi connectivity index (χ2v) is 5.53. The number of rotatable bonds is 4. The van der Waals surface area contributed by atoms with Gasteiger partial charge in [-0.1, -0.05) is 35.9 Å². The van der Waals surface area contributed by atoms with Crippen LogP contribution in [-0.4, -0.2) is 5.11 Å². The zero-order valence-corrected chi connectivity index (χ0v) is 12.0. The van der Waals surface area contributed by atoms with Crippen molar-refractivity contribution in [1.82, 2.24) is 0 Å². The van der Waals surface area contributed by atoms with Gasteiger partial charge in [-0.15, -0.1) is 0 Å². The van der Waals surface area contributed by atoms with E-state index in [0.717, 1.165) is 5.56 Å². The van der Waals surface area contributed by atoms with E-state index in [1.807, 2.05) is 12.1 Å². The molecule has 2 aromatic carbocycles. The average Bonchev–Trinajstić information content (AvgIpc) is 2.92. The molecule has 1 aliphatic rings. The Morgan fingerprint density at radius 2 is 1.95 bits per heavy atom. The number of aryl methyl sites for hydroxylation is 2. The summed E-state index contributed by atoms with van der Waals surface area (Å²) in [4.78, 5) is 0. The van der Waals surface area contributed by atoms with Gasteiger partial charge in [0.25, 0.3) is 0 Å². The topological polar surface area (TPSA) is 29.5 Å². The Kier molecular flexibility index (Phi) is 3.95. The zero-order chi connectivity index (χ0) is 13.9. The van der Waals surface area contributed by atoms with E-state index in [0.29, 0.717) is 22.9 Å². The fourth-order valence-electron chi connectivity index (χ4n) is 2.70. The van der Waals surface area contributed by atoms with Crippen LogP contribution in [0.5, 0.6) is 5.75 Å². The number of benzene rings is 2. The summed E-state index contributed by atoms with van der Waals surface area (Å²) in [7, 11) is 0. The molecule has 0 saturated carbocycles. The molecule has 0 spiro atoms. The lowest BCUT2D eigenvalue weighted by Gasteiger charge is -2.12. The van der Waals surface area contributed by atoms with Crippen LogP contribution < -0.4 is 4.74 Å². The van der Waals surface area contributed by atoms with Crippen LogP contribution in [-0.2, 0) is 26.1 Å². The molecule has 0 unspecified atom stereocenters. The van der Waals surface area contributed by atoms with E-state index in [4.69, 9.17) is 16.3 Å².